The van der Waals surface area contributed by atoms with E-state index in [4.69, 9.17) is 0 Å². The minimum Gasteiger partial charge on any atom is -0.390 e. The van der Waals surface area contributed by atoms with Crippen LogP contribution < -0.4 is 0 Å². The first-order chi connectivity index (χ1) is 9.47. The molecular formula is C14H18FNO3S. The first-order valence-corrected chi connectivity index (χ1v) is 8.42. The van der Waals surface area contributed by atoms with Gasteiger partial charge in [-0.05, 0) is 17.9 Å². The summed E-state index contributed by atoms with van der Waals surface area (Å²) in [6.45, 7) is 0.568. The van der Waals surface area contributed by atoms with Crippen molar-refractivity contribution in [3.63, 3.8) is 0 Å². The fraction of sp³-hybridized carbons (Fsp3) is 0.571. The van der Waals surface area contributed by atoms with Gasteiger partial charge in [-0.3, -0.25) is 0 Å². The average molecular weight is 299 g/mol. The lowest BCUT2D eigenvalue weighted by Crippen LogP contribution is -2.34. The molecular weight excluding hydrogens is 281 g/mol. The monoisotopic (exact) mass is 299 g/mol. The van der Waals surface area contributed by atoms with Crippen LogP contribution in [0.2, 0.25) is 0 Å². The van der Waals surface area contributed by atoms with E-state index in [2.05, 4.69) is 0 Å². The average Bonchev–Trinajstić information content (AvgIpc) is 2.92. The Morgan fingerprint density at radius 1 is 1.25 bits per heavy atom. The molecule has 0 spiro atoms. The molecule has 1 aliphatic heterocycles. The van der Waals surface area contributed by atoms with Gasteiger partial charge >= 0.3 is 0 Å². The van der Waals surface area contributed by atoms with E-state index in [1.54, 1.807) is 24.3 Å². The van der Waals surface area contributed by atoms with Gasteiger partial charge in [0.25, 0.3) is 0 Å². The van der Waals surface area contributed by atoms with Crippen molar-refractivity contribution < 1.29 is 17.9 Å². The molecule has 0 unspecified atom stereocenters. The number of hydrogen-bond donors (Lipinski definition) is 1. The Kier molecular flexibility index (Phi) is 3.56. The van der Waals surface area contributed by atoms with Gasteiger partial charge in [0.05, 0.1) is 11.9 Å². The topological polar surface area (TPSA) is 57.6 Å². The number of aliphatic hydroxyl groups excluding tert-OH is 1. The molecule has 1 saturated carbocycles. The van der Waals surface area contributed by atoms with Gasteiger partial charge in [0.1, 0.15) is 6.17 Å². The molecule has 4 nitrogen and oxygen atoms in total. The lowest BCUT2D eigenvalue weighted by atomic mass is 10.00. The minimum absolute atomic E-state index is 0.0393. The van der Waals surface area contributed by atoms with Crippen LogP contribution >= 0.6 is 0 Å². The van der Waals surface area contributed by atoms with Crippen LogP contribution in [0.25, 0.3) is 0 Å². The van der Waals surface area contributed by atoms with Crippen molar-refractivity contribution in [3.05, 3.63) is 35.9 Å². The molecule has 1 aromatic carbocycles. The maximum Gasteiger partial charge on any atom is 0.218 e. The van der Waals surface area contributed by atoms with E-state index in [-0.39, 0.29) is 30.6 Å². The fourth-order valence-electron chi connectivity index (χ4n) is 3.29. The lowest BCUT2D eigenvalue weighted by molar-refractivity contribution is 0.0680. The quantitative estimate of drug-likeness (QED) is 0.911. The molecule has 110 valence electrons. The van der Waals surface area contributed by atoms with E-state index in [9.17, 15) is 17.9 Å². The highest BCUT2D eigenvalue weighted by Crippen LogP contribution is 2.40. The summed E-state index contributed by atoms with van der Waals surface area (Å²) in [6, 6.07) is 9.01. The van der Waals surface area contributed by atoms with Crippen molar-refractivity contribution in [3.8, 4) is 0 Å². The molecule has 1 saturated heterocycles. The summed E-state index contributed by atoms with van der Waals surface area (Å²) in [4.78, 5) is 0. The van der Waals surface area contributed by atoms with Crippen LogP contribution in [0.1, 0.15) is 12.0 Å². The molecule has 3 rings (SSSR count). The van der Waals surface area contributed by atoms with Crippen LogP contribution in [0.4, 0.5) is 4.39 Å². The molecule has 2 fully saturated rings. The number of aliphatic hydroxyl groups is 1. The fourth-order valence-corrected chi connectivity index (χ4v) is 4.91. The Bertz CT molecular complexity index is 577. The predicted octanol–water partition coefficient (Wildman–Crippen LogP) is 1.17. The Hall–Kier alpha value is -0.980. The van der Waals surface area contributed by atoms with Gasteiger partial charge in [-0.15, -0.1) is 0 Å². The Morgan fingerprint density at radius 3 is 2.60 bits per heavy atom. The molecule has 0 amide bonds. The third-order valence-corrected chi connectivity index (χ3v) is 6.16. The first kappa shape index (κ1) is 14.0. The lowest BCUT2D eigenvalue weighted by Gasteiger charge is -2.19. The number of halogens is 1. The molecule has 0 aromatic heterocycles. The summed E-state index contributed by atoms with van der Waals surface area (Å²) in [5.41, 5.74) is 0.744. The van der Waals surface area contributed by atoms with Crippen LogP contribution in [0.15, 0.2) is 30.3 Å². The molecule has 1 aromatic rings. The maximum atomic E-state index is 13.4. The maximum absolute atomic E-state index is 13.4. The van der Waals surface area contributed by atoms with Gasteiger partial charge in [-0.1, -0.05) is 30.3 Å². The summed E-state index contributed by atoms with van der Waals surface area (Å²) >= 11 is 0. The zero-order chi connectivity index (χ0) is 14.3. The number of fused-ring (bicyclic) bond motifs is 1. The number of hydrogen-bond acceptors (Lipinski definition) is 3. The summed E-state index contributed by atoms with van der Waals surface area (Å²) in [5.74, 6) is -0.344. The molecule has 0 bridgehead atoms. The second-order valence-electron chi connectivity index (χ2n) is 5.73. The molecule has 4 atom stereocenters. The van der Waals surface area contributed by atoms with Gasteiger partial charge < -0.3 is 5.11 Å². The van der Waals surface area contributed by atoms with E-state index >= 15 is 0 Å². The van der Waals surface area contributed by atoms with Gasteiger partial charge in [-0.25, -0.2) is 17.1 Å². The van der Waals surface area contributed by atoms with Crippen LogP contribution in [-0.4, -0.2) is 43.2 Å². The summed E-state index contributed by atoms with van der Waals surface area (Å²) < 4.78 is 39.5. The van der Waals surface area contributed by atoms with Crippen molar-refractivity contribution in [2.24, 2.45) is 11.8 Å². The predicted molar refractivity (Wildman–Crippen MR) is 73.1 cm³/mol. The number of rotatable bonds is 3. The molecule has 1 aliphatic carbocycles. The third-order valence-electron chi connectivity index (χ3n) is 4.38. The van der Waals surface area contributed by atoms with E-state index in [0.29, 0.717) is 6.54 Å². The Labute approximate surface area is 118 Å². The largest absolute Gasteiger partial charge is 0.390 e. The first-order valence-electron chi connectivity index (χ1n) is 6.81. The highest BCUT2D eigenvalue weighted by molar-refractivity contribution is 7.88. The molecule has 6 heteroatoms. The van der Waals surface area contributed by atoms with Gasteiger partial charge in [0.15, 0.2) is 0 Å². The summed E-state index contributed by atoms with van der Waals surface area (Å²) in [5, 5.41) is 9.74. The minimum atomic E-state index is -3.40. The van der Waals surface area contributed by atoms with E-state index in [0.717, 1.165) is 5.56 Å². The standard InChI is InChI=1S/C14H18FNO3S/c15-13-6-11-7-16(8-12(11)14(13)17)20(18,19)9-10-4-2-1-3-5-10/h1-5,11-14,17H,6-9H2/t11-,12+,13-,14+/m0/s1. The van der Waals surface area contributed by atoms with Crippen LogP contribution in [-0.2, 0) is 15.8 Å². The number of nitrogens with zero attached hydrogens (tertiary/aromatic N) is 1. The highest BCUT2D eigenvalue weighted by atomic mass is 32.2. The SMILES string of the molecule is O=S(=O)(Cc1ccccc1)N1C[C@@H]2C[C@H](F)[C@H](O)[C@@H]2C1. The molecule has 1 N–H and O–H groups in total. The zero-order valence-electron chi connectivity index (χ0n) is 11.0. The Balaban J connectivity index is 1.72. The molecule has 1 heterocycles. The normalized spacial score (nSPS) is 34.3. The second-order valence-corrected chi connectivity index (χ2v) is 7.69. The Morgan fingerprint density at radius 2 is 1.95 bits per heavy atom. The van der Waals surface area contributed by atoms with Gasteiger partial charge in [0.2, 0.25) is 10.0 Å². The second kappa shape index (κ2) is 5.09. The summed E-state index contributed by atoms with van der Waals surface area (Å²) in [6.07, 6.45) is -1.95. The van der Waals surface area contributed by atoms with Crippen molar-refractivity contribution in [2.45, 2.75) is 24.4 Å². The molecule has 0 radical (unpaired) electrons. The van der Waals surface area contributed by atoms with Crippen molar-refractivity contribution in [1.29, 1.82) is 0 Å². The zero-order valence-corrected chi connectivity index (χ0v) is 11.8. The number of sulfonamides is 1. The van der Waals surface area contributed by atoms with Crippen molar-refractivity contribution in [1.82, 2.24) is 4.31 Å². The van der Waals surface area contributed by atoms with Gasteiger partial charge in [0, 0.05) is 19.0 Å². The number of benzene rings is 1. The number of alkyl halides is 1. The summed E-state index contributed by atoms with van der Waals surface area (Å²) in [7, 11) is -3.40. The smallest absolute Gasteiger partial charge is 0.218 e. The third kappa shape index (κ3) is 2.47. The van der Waals surface area contributed by atoms with Crippen LogP contribution in [0.5, 0.6) is 0 Å². The molecule has 2 aliphatic rings. The van der Waals surface area contributed by atoms with Gasteiger partial charge in [-0.2, -0.15) is 0 Å². The van der Waals surface area contributed by atoms with Crippen LogP contribution in [0, 0.1) is 11.8 Å². The van der Waals surface area contributed by atoms with Crippen molar-refractivity contribution >= 4 is 10.0 Å². The van der Waals surface area contributed by atoms with E-state index < -0.39 is 22.3 Å². The van der Waals surface area contributed by atoms with E-state index in [1.807, 2.05) is 6.07 Å². The van der Waals surface area contributed by atoms with Crippen LogP contribution in [0.3, 0.4) is 0 Å². The van der Waals surface area contributed by atoms with Crippen molar-refractivity contribution in [2.75, 3.05) is 13.1 Å². The van der Waals surface area contributed by atoms with E-state index in [1.165, 1.54) is 4.31 Å². The molecule has 20 heavy (non-hydrogen) atoms. The highest BCUT2D eigenvalue weighted by Gasteiger charge is 2.50.